The molecule has 0 bridgehead atoms. The second kappa shape index (κ2) is 1.98. The third kappa shape index (κ3) is 0.849. The third-order valence-corrected chi connectivity index (χ3v) is 1.38. The van der Waals surface area contributed by atoms with Crippen molar-refractivity contribution in [3.63, 3.8) is 0 Å². The van der Waals surface area contributed by atoms with Crippen LogP contribution in [0.5, 0.6) is 0 Å². The Balaban J connectivity index is 2.86. The maximum absolute atomic E-state index is 12.5. The van der Waals surface area contributed by atoms with E-state index in [1.807, 2.05) is 0 Å². The number of fused-ring (bicyclic) bond motifs is 1. The molecule has 2 aromatic heterocycles. The number of hydrogen-bond acceptors (Lipinski definition) is 3. The van der Waals surface area contributed by atoms with Crippen LogP contribution in [0.4, 0.5) is 4.39 Å². The molecule has 2 aromatic rings. The zero-order valence-corrected chi connectivity index (χ0v) is 5.82. The predicted molar refractivity (Wildman–Crippen MR) is 35.5 cm³/mol. The van der Waals surface area contributed by atoms with Gasteiger partial charge in [-0.05, 0) is 6.92 Å². The largest absolute Gasteiger partial charge is 0.205 e. The van der Waals surface area contributed by atoms with Crippen molar-refractivity contribution in [2.75, 3.05) is 0 Å². The van der Waals surface area contributed by atoms with E-state index in [4.69, 9.17) is 0 Å². The Bertz CT molecular complexity index is 394. The monoisotopic (exact) mass is 152 g/mol. The van der Waals surface area contributed by atoms with Crippen molar-refractivity contribution in [1.82, 2.24) is 19.8 Å². The summed E-state index contributed by atoms with van der Waals surface area (Å²) in [5.74, 6) is 0.255. The van der Waals surface area contributed by atoms with E-state index in [-0.39, 0.29) is 0 Å². The highest BCUT2D eigenvalue weighted by Gasteiger charge is 2.01. The average Bonchev–Trinajstić information content (AvgIpc) is 2.32. The Morgan fingerprint density at radius 1 is 1.45 bits per heavy atom. The quantitative estimate of drug-likeness (QED) is 0.554. The maximum Gasteiger partial charge on any atom is 0.180 e. The summed E-state index contributed by atoms with van der Waals surface area (Å²) in [6.45, 7) is 1.75. The van der Waals surface area contributed by atoms with E-state index < -0.39 is 5.82 Å². The number of aryl methyl sites for hydroxylation is 1. The van der Waals surface area contributed by atoms with Crippen molar-refractivity contribution in [2.24, 2.45) is 0 Å². The molecule has 0 aliphatic heterocycles. The van der Waals surface area contributed by atoms with Gasteiger partial charge in [0.2, 0.25) is 0 Å². The molecule has 0 radical (unpaired) electrons. The number of halogens is 1. The zero-order valence-electron chi connectivity index (χ0n) is 5.82. The van der Waals surface area contributed by atoms with E-state index in [0.717, 1.165) is 6.20 Å². The van der Waals surface area contributed by atoms with Gasteiger partial charge in [-0.3, -0.25) is 0 Å². The Morgan fingerprint density at radius 3 is 3.09 bits per heavy atom. The van der Waals surface area contributed by atoms with E-state index in [9.17, 15) is 4.39 Å². The third-order valence-electron chi connectivity index (χ3n) is 1.38. The summed E-state index contributed by atoms with van der Waals surface area (Å²) in [5, 5.41) is 11.2. The fraction of sp³-hybridized carbons (Fsp3) is 0.167. The Hall–Kier alpha value is -1.52. The summed E-state index contributed by atoms with van der Waals surface area (Å²) in [5.41, 5.74) is 0.433. The van der Waals surface area contributed by atoms with Crippen molar-refractivity contribution in [3.8, 4) is 0 Å². The van der Waals surface area contributed by atoms with Crippen molar-refractivity contribution < 1.29 is 4.39 Å². The van der Waals surface area contributed by atoms with Crippen LogP contribution in [0.1, 0.15) is 5.82 Å². The van der Waals surface area contributed by atoms with Gasteiger partial charge in [-0.15, -0.1) is 10.2 Å². The molecule has 0 unspecified atom stereocenters. The highest BCUT2D eigenvalue weighted by atomic mass is 19.1. The van der Waals surface area contributed by atoms with E-state index in [1.54, 1.807) is 6.92 Å². The number of rotatable bonds is 0. The maximum atomic E-state index is 12.5. The average molecular weight is 152 g/mol. The molecule has 0 amide bonds. The van der Waals surface area contributed by atoms with Crippen LogP contribution in [0.15, 0.2) is 12.3 Å². The first-order valence-electron chi connectivity index (χ1n) is 3.11. The highest BCUT2D eigenvalue weighted by Crippen LogP contribution is 2.01. The lowest BCUT2D eigenvalue weighted by Gasteiger charge is -1.90. The van der Waals surface area contributed by atoms with Crippen LogP contribution >= 0.6 is 0 Å². The van der Waals surface area contributed by atoms with Crippen molar-refractivity contribution in [2.45, 2.75) is 6.92 Å². The van der Waals surface area contributed by atoms with E-state index in [2.05, 4.69) is 15.3 Å². The van der Waals surface area contributed by atoms with Crippen LogP contribution in [0, 0.1) is 12.7 Å². The molecule has 11 heavy (non-hydrogen) atoms. The molecule has 0 aliphatic rings. The molecule has 4 nitrogen and oxygen atoms in total. The van der Waals surface area contributed by atoms with Crippen molar-refractivity contribution in [3.05, 3.63) is 23.9 Å². The Morgan fingerprint density at radius 2 is 2.27 bits per heavy atom. The normalized spacial score (nSPS) is 10.7. The van der Waals surface area contributed by atoms with Crippen LogP contribution in [-0.2, 0) is 0 Å². The van der Waals surface area contributed by atoms with Gasteiger partial charge in [0.1, 0.15) is 5.82 Å². The number of hydrogen-bond donors (Lipinski definition) is 0. The van der Waals surface area contributed by atoms with Gasteiger partial charge in [-0.1, -0.05) is 0 Å². The fourth-order valence-electron chi connectivity index (χ4n) is 0.880. The number of aromatic nitrogens is 4. The van der Waals surface area contributed by atoms with Crippen LogP contribution in [0.3, 0.4) is 0 Å². The first-order chi connectivity index (χ1) is 5.27. The summed E-state index contributed by atoms with van der Waals surface area (Å²) >= 11 is 0. The van der Waals surface area contributed by atoms with Gasteiger partial charge < -0.3 is 0 Å². The Labute approximate surface area is 61.7 Å². The standard InChI is InChI=1S/C6H5FN4/c1-4-9-10-6-2-5(7)3-8-11(4)6/h2-3H,1H3. The second-order valence-electron chi connectivity index (χ2n) is 2.19. The molecule has 5 heteroatoms. The fourth-order valence-corrected chi connectivity index (χ4v) is 0.880. The van der Waals surface area contributed by atoms with E-state index in [0.29, 0.717) is 11.5 Å². The van der Waals surface area contributed by atoms with Crippen LogP contribution in [0.25, 0.3) is 5.65 Å². The second-order valence-corrected chi connectivity index (χ2v) is 2.19. The van der Waals surface area contributed by atoms with Gasteiger partial charge in [0.15, 0.2) is 11.5 Å². The molecule has 2 heterocycles. The summed E-state index contributed by atoms with van der Waals surface area (Å²) < 4.78 is 14.0. The molecule has 0 spiro atoms. The molecule has 56 valence electrons. The smallest absolute Gasteiger partial charge is 0.180 e. The summed E-state index contributed by atoms with van der Waals surface area (Å²) in [4.78, 5) is 0. The van der Waals surface area contributed by atoms with Gasteiger partial charge in [0.25, 0.3) is 0 Å². The van der Waals surface area contributed by atoms with Gasteiger partial charge in [-0.25, -0.2) is 4.39 Å². The molecule has 0 saturated carbocycles. The van der Waals surface area contributed by atoms with Gasteiger partial charge >= 0.3 is 0 Å². The minimum Gasteiger partial charge on any atom is -0.205 e. The van der Waals surface area contributed by atoms with E-state index in [1.165, 1.54) is 10.6 Å². The molecule has 2 rings (SSSR count). The zero-order chi connectivity index (χ0) is 7.84. The molecule has 0 N–H and O–H groups in total. The molecule has 0 aliphatic carbocycles. The van der Waals surface area contributed by atoms with Crippen molar-refractivity contribution in [1.29, 1.82) is 0 Å². The molecular weight excluding hydrogens is 147 g/mol. The first-order valence-corrected chi connectivity index (χ1v) is 3.11. The molecule has 0 saturated heterocycles. The highest BCUT2D eigenvalue weighted by molar-refractivity contribution is 5.34. The minimum absolute atomic E-state index is 0.398. The lowest BCUT2D eigenvalue weighted by Crippen LogP contribution is -1.93. The van der Waals surface area contributed by atoms with Crippen molar-refractivity contribution >= 4 is 5.65 Å². The molecule has 0 aromatic carbocycles. The topological polar surface area (TPSA) is 43.1 Å². The molecule has 0 atom stereocenters. The van der Waals surface area contributed by atoms with Gasteiger partial charge in [0, 0.05) is 6.07 Å². The van der Waals surface area contributed by atoms with Gasteiger partial charge in [-0.2, -0.15) is 9.61 Å². The Kier molecular flexibility index (Phi) is 1.12. The van der Waals surface area contributed by atoms with E-state index >= 15 is 0 Å². The van der Waals surface area contributed by atoms with Crippen LogP contribution < -0.4 is 0 Å². The lowest BCUT2D eigenvalue weighted by molar-refractivity contribution is 0.613. The van der Waals surface area contributed by atoms with Crippen LogP contribution in [-0.4, -0.2) is 19.8 Å². The minimum atomic E-state index is -0.398. The summed E-state index contributed by atoms with van der Waals surface area (Å²) in [6, 6.07) is 1.28. The summed E-state index contributed by atoms with van der Waals surface area (Å²) in [6.07, 6.45) is 1.13. The predicted octanol–water partition coefficient (Wildman–Crippen LogP) is 0.572. The van der Waals surface area contributed by atoms with Gasteiger partial charge in [0.05, 0.1) is 6.20 Å². The van der Waals surface area contributed by atoms with Crippen LogP contribution in [0.2, 0.25) is 0 Å². The number of nitrogens with zero attached hydrogens (tertiary/aromatic N) is 4. The SMILES string of the molecule is Cc1nnc2cc(F)cnn12. The molecule has 0 fully saturated rings. The lowest BCUT2D eigenvalue weighted by atomic mass is 10.5. The first kappa shape index (κ1) is 6.21. The molecular formula is C6H5FN4. The summed E-state index contributed by atoms with van der Waals surface area (Å²) in [7, 11) is 0.